The standard InChI is InChI=1S/C15H15IN4/c1-18-15-13(17)14(10-4-2-3-5-10)19-20(15)12-8-6-11(16)7-9-12/h6-10H,2-5,17H2. The Morgan fingerprint density at radius 1 is 1.25 bits per heavy atom. The molecule has 2 N–H and O–H groups in total. The van der Waals surface area contributed by atoms with Gasteiger partial charge in [0.05, 0.1) is 11.4 Å². The SMILES string of the molecule is [C-]#[N+]c1c(N)c(C2CCCC2)nn1-c1ccc(I)cc1. The summed E-state index contributed by atoms with van der Waals surface area (Å²) >= 11 is 2.26. The Balaban J connectivity index is 2.09. The van der Waals surface area contributed by atoms with Crippen LogP contribution in [-0.2, 0) is 0 Å². The summed E-state index contributed by atoms with van der Waals surface area (Å²) in [5, 5.41) is 4.64. The quantitative estimate of drug-likeness (QED) is 0.627. The molecule has 0 atom stereocenters. The highest BCUT2D eigenvalue weighted by Crippen LogP contribution is 2.40. The average molecular weight is 378 g/mol. The third-order valence-corrected chi connectivity index (χ3v) is 4.56. The zero-order valence-electron chi connectivity index (χ0n) is 11.0. The molecule has 20 heavy (non-hydrogen) atoms. The lowest BCUT2D eigenvalue weighted by Crippen LogP contribution is -2.00. The molecule has 1 saturated carbocycles. The van der Waals surface area contributed by atoms with Gasteiger partial charge in [0.15, 0.2) is 0 Å². The second-order valence-corrected chi connectivity index (χ2v) is 6.35. The number of anilines is 1. The molecule has 2 aromatic rings. The van der Waals surface area contributed by atoms with Crippen LogP contribution in [0, 0.1) is 10.1 Å². The van der Waals surface area contributed by atoms with E-state index in [9.17, 15) is 0 Å². The van der Waals surface area contributed by atoms with Crippen LogP contribution in [0.15, 0.2) is 24.3 Å². The summed E-state index contributed by atoms with van der Waals surface area (Å²) in [6.07, 6.45) is 4.72. The molecular weight excluding hydrogens is 363 g/mol. The lowest BCUT2D eigenvalue weighted by molar-refractivity contribution is 0.681. The maximum atomic E-state index is 7.38. The van der Waals surface area contributed by atoms with Crippen molar-refractivity contribution < 1.29 is 0 Å². The fourth-order valence-electron chi connectivity index (χ4n) is 2.81. The smallest absolute Gasteiger partial charge is 0.280 e. The minimum absolute atomic E-state index is 0.417. The lowest BCUT2D eigenvalue weighted by Gasteiger charge is -2.04. The van der Waals surface area contributed by atoms with E-state index in [1.807, 2.05) is 24.3 Å². The number of nitrogens with zero attached hydrogens (tertiary/aromatic N) is 3. The molecule has 3 rings (SSSR count). The molecule has 1 aliphatic carbocycles. The third kappa shape index (κ3) is 2.29. The van der Waals surface area contributed by atoms with Crippen LogP contribution >= 0.6 is 22.6 Å². The second-order valence-electron chi connectivity index (χ2n) is 5.10. The van der Waals surface area contributed by atoms with E-state index in [-0.39, 0.29) is 0 Å². The first-order valence-electron chi connectivity index (χ1n) is 6.72. The van der Waals surface area contributed by atoms with Crippen LogP contribution in [0.2, 0.25) is 0 Å². The number of halogens is 1. The molecular formula is C15H15IN4. The summed E-state index contributed by atoms with van der Waals surface area (Å²) in [5.74, 6) is 0.855. The van der Waals surface area contributed by atoms with Crippen LogP contribution in [0.1, 0.15) is 37.3 Å². The van der Waals surface area contributed by atoms with Gasteiger partial charge in [0.2, 0.25) is 0 Å². The molecule has 0 spiro atoms. The van der Waals surface area contributed by atoms with Gasteiger partial charge in [0.25, 0.3) is 5.82 Å². The number of aromatic nitrogens is 2. The first-order chi connectivity index (χ1) is 9.70. The number of benzene rings is 1. The highest BCUT2D eigenvalue weighted by molar-refractivity contribution is 14.1. The number of nitrogens with two attached hydrogens (primary N) is 1. The van der Waals surface area contributed by atoms with Crippen LogP contribution in [0.5, 0.6) is 0 Å². The Morgan fingerprint density at radius 3 is 2.50 bits per heavy atom. The first kappa shape index (κ1) is 13.4. The number of hydrogen-bond donors (Lipinski definition) is 1. The summed E-state index contributed by atoms with van der Waals surface area (Å²) < 4.78 is 2.85. The van der Waals surface area contributed by atoms with Crippen molar-refractivity contribution in [3.63, 3.8) is 0 Å². The van der Waals surface area contributed by atoms with Crippen molar-refractivity contribution in [3.05, 3.63) is 44.9 Å². The zero-order chi connectivity index (χ0) is 14.1. The van der Waals surface area contributed by atoms with Crippen molar-refractivity contribution in [2.75, 3.05) is 5.73 Å². The van der Waals surface area contributed by atoms with Crippen molar-refractivity contribution in [3.8, 4) is 5.69 Å². The highest BCUT2D eigenvalue weighted by atomic mass is 127. The van der Waals surface area contributed by atoms with Crippen LogP contribution in [0.3, 0.4) is 0 Å². The van der Waals surface area contributed by atoms with Crippen molar-refractivity contribution >= 4 is 34.1 Å². The third-order valence-electron chi connectivity index (χ3n) is 3.84. The van der Waals surface area contributed by atoms with Gasteiger partial charge in [0.1, 0.15) is 5.69 Å². The van der Waals surface area contributed by atoms with Gasteiger partial charge in [-0.1, -0.05) is 24.5 Å². The van der Waals surface area contributed by atoms with E-state index >= 15 is 0 Å². The van der Waals surface area contributed by atoms with Gasteiger partial charge in [-0.15, -0.1) is 0 Å². The zero-order valence-corrected chi connectivity index (χ0v) is 13.2. The maximum Gasteiger partial charge on any atom is 0.280 e. The summed E-state index contributed by atoms with van der Waals surface area (Å²) in [7, 11) is 0. The van der Waals surface area contributed by atoms with E-state index in [2.05, 4.69) is 32.5 Å². The van der Waals surface area contributed by atoms with Crippen molar-refractivity contribution in [2.45, 2.75) is 31.6 Å². The Labute approximate surface area is 131 Å². The van der Waals surface area contributed by atoms with Crippen LogP contribution in [-0.4, -0.2) is 9.78 Å². The van der Waals surface area contributed by atoms with E-state index in [1.165, 1.54) is 12.8 Å². The van der Waals surface area contributed by atoms with E-state index < -0.39 is 0 Å². The summed E-state index contributed by atoms with van der Waals surface area (Å²) in [4.78, 5) is 3.58. The average Bonchev–Trinajstić information content (AvgIpc) is 3.07. The minimum atomic E-state index is 0.417. The van der Waals surface area contributed by atoms with Crippen molar-refractivity contribution in [2.24, 2.45) is 0 Å². The highest BCUT2D eigenvalue weighted by Gasteiger charge is 2.27. The maximum absolute atomic E-state index is 7.38. The van der Waals surface area contributed by atoms with E-state index in [4.69, 9.17) is 12.3 Å². The van der Waals surface area contributed by atoms with Gasteiger partial charge in [0, 0.05) is 9.49 Å². The fourth-order valence-corrected chi connectivity index (χ4v) is 3.17. The number of hydrogen-bond acceptors (Lipinski definition) is 2. The molecule has 0 radical (unpaired) electrons. The summed E-state index contributed by atoms with van der Waals surface area (Å²) in [6, 6.07) is 7.97. The topological polar surface area (TPSA) is 48.2 Å². The van der Waals surface area contributed by atoms with Crippen LogP contribution in [0.4, 0.5) is 11.5 Å². The Morgan fingerprint density at radius 2 is 1.90 bits per heavy atom. The van der Waals surface area contributed by atoms with Crippen molar-refractivity contribution in [1.29, 1.82) is 0 Å². The summed E-state index contributed by atoms with van der Waals surface area (Å²) in [6.45, 7) is 7.38. The molecule has 1 fully saturated rings. The Hall–Kier alpha value is -1.55. The minimum Gasteiger partial charge on any atom is -0.404 e. The first-order valence-corrected chi connectivity index (χ1v) is 7.80. The van der Waals surface area contributed by atoms with E-state index in [0.29, 0.717) is 17.4 Å². The van der Waals surface area contributed by atoms with Gasteiger partial charge in [-0.05, 0) is 59.7 Å². The number of nitrogen functional groups attached to an aromatic ring is 1. The van der Waals surface area contributed by atoms with Gasteiger partial charge in [-0.2, -0.15) is 4.68 Å². The second kappa shape index (κ2) is 5.44. The molecule has 102 valence electrons. The molecule has 0 aliphatic heterocycles. The molecule has 0 saturated heterocycles. The monoisotopic (exact) mass is 378 g/mol. The number of rotatable bonds is 2. The molecule has 0 bridgehead atoms. The van der Waals surface area contributed by atoms with Gasteiger partial charge < -0.3 is 10.6 Å². The molecule has 0 unspecified atom stereocenters. The molecule has 1 aromatic heterocycles. The lowest BCUT2D eigenvalue weighted by atomic mass is 10.0. The molecule has 1 aliphatic rings. The molecule has 0 amide bonds. The normalized spacial score (nSPS) is 15.4. The predicted octanol–water partition coefficient (Wildman–Crippen LogP) is 4.27. The van der Waals surface area contributed by atoms with Gasteiger partial charge in [-0.3, -0.25) is 0 Å². The Kier molecular flexibility index (Phi) is 3.66. The van der Waals surface area contributed by atoms with Gasteiger partial charge >= 0.3 is 0 Å². The van der Waals surface area contributed by atoms with Crippen molar-refractivity contribution in [1.82, 2.24) is 9.78 Å². The van der Waals surface area contributed by atoms with E-state index in [1.54, 1.807) is 4.68 Å². The molecule has 5 heteroatoms. The molecule has 4 nitrogen and oxygen atoms in total. The van der Waals surface area contributed by atoms with Crippen LogP contribution < -0.4 is 5.73 Å². The predicted molar refractivity (Wildman–Crippen MR) is 88.2 cm³/mol. The molecule has 1 aromatic carbocycles. The van der Waals surface area contributed by atoms with Crippen LogP contribution in [0.25, 0.3) is 10.5 Å². The van der Waals surface area contributed by atoms with Gasteiger partial charge in [-0.25, -0.2) is 0 Å². The Bertz CT molecular complexity index is 660. The van der Waals surface area contributed by atoms with E-state index in [0.717, 1.165) is 27.8 Å². The molecule has 1 heterocycles. The largest absolute Gasteiger partial charge is 0.404 e. The fraction of sp³-hybridized carbons (Fsp3) is 0.333. The summed E-state index contributed by atoms with van der Waals surface area (Å²) in [5.41, 5.74) is 8.53.